The van der Waals surface area contributed by atoms with Crippen molar-refractivity contribution in [3.05, 3.63) is 72.2 Å². The second kappa shape index (κ2) is 8.16. The number of carbonyl (C=O) groups excluding carboxylic acids is 1. The van der Waals surface area contributed by atoms with E-state index in [4.69, 9.17) is 0 Å². The molecule has 0 saturated heterocycles. The van der Waals surface area contributed by atoms with Gasteiger partial charge in [-0.3, -0.25) is 25.0 Å². The lowest BCUT2D eigenvalue weighted by molar-refractivity contribution is -0.394. The Kier molecular flexibility index (Phi) is 5.96. The number of benzene rings is 2. The third-order valence-electron chi connectivity index (χ3n) is 3.21. The summed E-state index contributed by atoms with van der Waals surface area (Å²) in [5.41, 5.74) is 1.57. The number of non-ortho nitro benzene ring substituents is 1. The molecule has 0 fully saturated rings. The molecule has 0 aliphatic heterocycles. The molecule has 11 heteroatoms. The van der Waals surface area contributed by atoms with Gasteiger partial charge < -0.3 is 5.11 Å². The van der Waals surface area contributed by atoms with Gasteiger partial charge in [-0.2, -0.15) is 5.10 Å². The third kappa shape index (κ3) is 4.83. The number of phenols is 1. The predicted molar refractivity (Wildman–Crippen MR) is 95.0 cm³/mol. The molecule has 0 spiro atoms. The van der Waals surface area contributed by atoms with E-state index >= 15 is 0 Å². The number of hydrogen-bond donors (Lipinski definition) is 2. The molecule has 0 bridgehead atoms. The largest absolute Gasteiger partial charge is 0.507 e. The smallest absolute Gasteiger partial charge is 0.279 e. The molecule has 2 N–H and O–H groups in total. The van der Waals surface area contributed by atoms with Crippen LogP contribution in [0.5, 0.6) is 5.75 Å². The minimum atomic E-state index is -0.793. The highest BCUT2D eigenvalue weighted by atomic mass is 79.9. The van der Waals surface area contributed by atoms with Crippen LogP contribution in [0.3, 0.4) is 0 Å². The minimum absolute atomic E-state index is 0.0126. The van der Waals surface area contributed by atoms with E-state index in [1.807, 2.05) is 0 Å². The van der Waals surface area contributed by atoms with Crippen molar-refractivity contribution in [1.82, 2.24) is 5.43 Å². The summed E-state index contributed by atoms with van der Waals surface area (Å²) in [7, 11) is 0. The van der Waals surface area contributed by atoms with E-state index in [-0.39, 0.29) is 11.3 Å². The Morgan fingerprint density at radius 2 is 1.92 bits per heavy atom. The zero-order valence-electron chi connectivity index (χ0n) is 13.0. The zero-order chi connectivity index (χ0) is 19.3. The molecule has 0 radical (unpaired) electrons. The molecule has 10 nitrogen and oxygen atoms in total. The number of aromatic hydroxyl groups is 1. The summed E-state index contributed by atoms with van der Waals surface area (Å²) in [5.74, 6) is -0.704. The van der Waals surface area contributed by atoms with Gasteiger partial charge in [0.05, 0.1) is 28.5 Å². The van der Waals surface area contributed by atoms with Crippen LogP contribution in [0.2, 0.25) is 0 Å². The standard InChI is InChI=1S/C15H11BrN4O6/c16-11-2-4-14(21)10(5-11)8-17-18-15(22)6-9-1-3-12(19(23)24)7-13(9)20(25)26/h1-5,7-8,21H,6H2,(H,18,22)/b17-8+. The van der Waals surface area contributed by atoms with E-state index in [2.05, 4.69) is 26.5 Å². The lowest BCUT2D eigenvalue weighted by atomic mass is 10.1. The van der Waals surface area contributed by atoms with E-state index in [1.54, 1.807) is 12.1 Å². The van der Waals surface area contributed by atoms with Gasteiger partial charge in [0.15, 0.2) is 0 Å². The Balaban J connectivity index is 2.10. The number of nitro benzene ring substituents is 2. The fourth-order valence-corrected chi connectivity index (χ4v) is 2.38. The van der Waals surface area contributed by atoms with E-state index in [0.29, 0.717) is 10.0 Å². The quantitative estimate of drug-likeness (QED) is 0.415. The van der Waals surface area contributed by atoms with Crippen molar-refractivity contribution >= 4 is 39.4 Å². The first-order valence-electron chi connectivity index (χ1n) is 7.00. The maximum atomic E-state index is 11.9. The van der Waals surface area contributed by atoms with Gasteiger partial charge >= 0.3 is 0 Å². The van der Waals surface area contributed by atoms with Crippen LogP contribution in [0.25, 0.3) is 0 Å². The molecule has 134 valence electrons. The molecule has 2 aromatic carbocycles. The van der Waals surface area contributed by atoms with Crippen LogP contribution in [-0.4, -0.2) is 27.1 Å². The molecule has 0 heterocycles. The number of hydrazone groups is 1. The molecule has 2 rings (SSSR count). The van der Waals surface area contributed by atoms with Crippen molar-refractivity contribution in [3.8, 4) is 5.75 Å². The molecule has 0 aliphatic carbocycles. The van der Waals surface area contributed by atoms with E-state index in [1.165, 1.54) is 12.3 Å². The van der Waals surface area contributed by atoms with Gasteiger partial charge in [-0.25, -0.2) is 5.43 Å². The Labute approximate surface area is 154 Å². The molecule has 0 aromatic heterocycles. The van der Waals surface area contributed by atoms with Gasteiger partial charge in [-0.1, -0.05) is 15.9 Å². The maximum absolute atomic E-state index is 11.9. The first kappa shape index (κ1) is 19.0. The molecule has 0 aliphatic rings. The second-order valence-corrected chi connectivity index (χ2v) is 5.92. The van der Waals surface area contributed by atoms with Crippen LogP contribution in [0.1, 0.15) is 11.1 Å². The lowest BCUT2D eigenvalue weighted by Crippen LogP contribution is -2.20. The van der Waals surface area contributed by atoms with Crippen LogP contribution in [0.15, 0.2) is 46.0 Å². The van der Waals surface area contributed by atoms with Crippen LogP contribution in [0.4, 0.5) is 11.4 Å². The van der Waals surface area contributed by atoms with Gasteiger partial charge in [-0.05, 0) is 24.3 Å². The van der Waals surface area contributed by atoms with Crippen molar-refractivity contribution in [2.75, 3.05) is 0 Å². The fraction of sp³-hybridized carbons (Fsp3) is 0.0667. The number of halogens is 1. The highest BCUT2D eigenvalue weighted by Crippen LogP contribution is 2.25. The summed E-state index contributed by atoms with van der Waals surface area (Å²) < 4.78 is 0.699. The number of nitrogens with zero attached hydrogens (tertiary/aromatic N) is 3. The monoisotopic (exact) mass is 422 g/mol. The molecule has 1 amide bonds. The maximum Gasteiger partial charge on any atom is 0.279 e. The summed E-state index contributed by atoms with van der Waals surface area (Å²) in [6.07, 6.45) is 0.818. The zero-order valence-corrected chi connectivity index (χ0v) is 14.5. The number of rotatable bonds is 6. The predicted octanol–water partition coefficient (Wildman–Crippen LogP) is 2.66. The number of phenolic OH excluding ortho intramolecular Hbond substituents is 1. The van der Waals surface area contributed by atoms with Crippen LogP contribution >= 0.6 is 15.9 Å². The summed E-state index contributed by atoms with van der Waals surface area (Å²) in [4.78, 5) is 32.1. The van der Waals surface area contributed by atoms with Crippen LogP contribution < -0.4 is 5.43 Å². The summed E-state index contributed by atoms with van der Waals surface area (Å²) >= 11 is 3.23. The Morgan fingerprint density at radius 1 is 1.19 bits per heavy atom. The topological polar surface area (TPSA) is 148 Å². The second-order valence-electron chi connectivity index (χ2n) is 5.00. The van der Waals surface area contributed by atoms with Crippen molar-refractivity contribution in [1.29, 1.82) is 0 Å². The Bertz CT molecular complexity index is 915. The van der Waals surface area contributed by atoms with Gasteiger partial charge in [0.2, 0.25) is 5.91 Å². The van der Waals surface area contributed by atoms with E-state index in [9.17, 15) is 30.1 Å². The molecule has 0 atom stereocenters. The van der Waals surface area contributed by atoms with Crippen molar-refractivity contribution in [3.63, 3.8) is 0 Å². The average Bonchev–Trinajstić information content (AvgIpc) is 2.57. The molecule has 26 heavy (non-hydrogen) atoms. The summed E-state index contributed by atoms with van der Waals surface area (Å²) in [6.45, 7) is 0. The molecule has 0 unspecified atom stereocenters. The third-order valence-corrected chi connectivity index (χ3v) is 3.70. The number of hydrogen-bond acceptors (Lipinski definition) is 7. The van der Waals surface area contributed by atoms with Gasteiger partial charge in [0.1, 0.15) is 5.75 Å². The van der Waals surface area contributed by atoms with Crippen molar-refractivity contribution in [2.45, 2.75) is 6.42 Å². The lowest BCUT2D eigenvalue weighted by Gasteiger charge is -2.03. The first-order chi connectivity index (χ1) is 12.3. The van der Waals surface area contributed by atoms with Crippen molar-refractivity contribution in [2.24, 2.45) is 5.10 Å². The minimum Gasteiger partial charge on any atom is -0.507 e. The van der Waals surface area contributed by atoms with Gasteiger partial charge in [0, 0.05) is 21.7 Å². The van der Waals surface area contributed by atoms with Crippen molar-refractivity contribution < 1.29 is 19.7 Å². The first-order valence-corrected chi connectivity index (χ1v) is 7.79. The number of amides is 1. The van der Waals surface area contributed by atoms with Gasteiger partial charge in [-0.15, -0.1) is 0 Å². The summed E-state index contributed by atoms with van der Waals surface area (Å²) in [5, 5.41) is 35.1. The molecule has 0 saturated carbocycles. The number of carbonyl (C=O) groups is 1. The summed E-state index contributed by atoms with van der Waals surface area (Å²) in [6, 6.07) is 7.67. The highest BCUT2D eigenvalue weighted by molar-refractivity contribution is 9.10. The van der Waals surface area contributed by atoms with Crippen LogP contribution in [0, 0.1) is 20.2 Å². The van der Waals surface area contributed by atoms with Crippen LogP contribution in [-0.2, 0) is 11.2 Å². The molecular weight excluding hydrogens is 412 g/mol. The average molecular weight is 423 g/mol. The fourth-order valence-electron chi connectivity index (χ4n) is 2.00. The highest BCUT2D eigenvalue weighted by Gasteiger charge is 2.20. The molecular formula is C15H11BrN4O6. The Hall–Kier alpha value is -3.34. The van der Waals surface area contributed by atoms with E-state index < -0.39 is 33.5 Å². The Morgan fingerprint density at radius 3 is 2.58 bits per heavy atom. The van der Waals surface area contributed by atoms with E-state index in [0.717, 1.165) is 18.2 Å². The normalized spacial score (nSPS) is 10.7. The number of nitrogens with one attached hydrogen (secondary N) is 1. The molecule has 2 aromatic rings. The van der Waals surface area contributed by atoms with Gasteiger partial charge in [0.25, 0.3) is 11.4 Å². The SMILES string of the molecule is O=C(Cc1ccc([N+](=O)[O-])cc1[N+](=O)[O-])N/N=C/c1cc(Br)ccc1O. The number of nitro groups is 2.